The van der Waals surface area contributed by atoms with E-state index in [1.807, 2.05) is 0 Å². The largest absolute Gasteiger partial charge is 0.494 e. The minimum atomic E-state index is -0.365. The van der Waals surface area contributed by atoms with E-state index in [2.05, 4.69) is 155 Å². The van der Waals surface area contributed by atoms with Crippen LogP contribution in [0.1, 0.15) is 27.7 Å². The van der Waals surface area contributed by atoms with Gasteiger partial charge in [0.1, 0.15) is 0 Å². The van der Waals surface area contributed by atoms with E-state index in [0.717, 1.165) is 11.0 Å². The molecule has 0 amide bonds. The van der Waals surface area contributed by atoms with E-state index in [0.29, 0.717) is 0 Å². The van der Waals surface area contributed by atoms with Crippen LogP contribution in [-0.4, -0.2) is 18.3 Å². The fraction of sp³-hybridized carbons (Fsp3) is 0.158. The van der Waals surface area contributed by atoms with E-state index >= 15 is 0 Å². The molecule has 0 aliphatic carbocycles. The molecule has 0 N–H and O–H groups in total. The Kier molecular flexibility index (Phi) is 6.12. The molecule has 200 valence electrons. The maximum Gasteiger partial charge on any atom is 0.494 e. The smallest absolute Gasteiger partial charge is 0.399 e. The summed E-state index contributed by atoms with van der Waals surface area (Å²) >= 11 is 0. The van der Waals surface area contributed by atoms with Gasteiger partial charge in [-0.15, -0.1) is 0 Å². The lowest BCUT2D eigenvalue weighted by Crippen LogP contribution is -2.41. The Labute approximate surface area is 242 Å². The average Bonchev–Trinajstić information content (AvgIpc) is 3.22. The van der Waals surface area contributed by atoms with Crippen LogP contribution in [0.25, 0.3) is 54.9 Å². The maximum absolute atomic E-state index is 6.29. The summed E-state index contributed by atoms with van der Waals surface area (Å²) in [4.78, 5) is 0. The standard InChI is InChI=1S/C38H33BO2/c1-37(2)38(3,4)41-39(40-37)32-14-7-12-29(25-32)26-18-20-27(21-19-26)30-22-23-34-31(24-30)13-9-17-36(34)35-16-8-11-28-10-5-6-15-33(28)35/h5-25H,1-4H3. The van der Waals surface area contributed by atoms with Crippen molar-refractivity contribution in [1.29, 1.82) is 0 Å². The molecule has 2 nitrogen and oxygen atoms in total. The lowest BCUT2D eigenvalue weighted by atomic mass is 9.78. The number of benzene rings is 6. The fourth-order valence-electron chi connectivity index (χ4n) is 5.86. The second-order valence-corrected chi connectivity index (χ2v) is 12.1. The highest BCUT2D eigenvalue weighted by molar-refractivity contribution is 6.62. The van der Waals surface area contributed by atoms with Crippen LogP contribution in [-0.2, 0) is 9.31 Å². The van der Waals surface area contributed by atoms with Crippen LogP contribution >= 0.6 is 0 Å². The van der Waals surface area contributed by atoms with Crippen LogP contribution < -0.4 is 5.46 Å². The van der Waals surface area contributed by atoms with Gasteiger partial charge in [-0.05, 0) is 94.1 Å². The Morgan fingerprint density at radius 3 is 1.63 bits per heavy atom. The van der Waals surface area contributed by atoms with E-state index in [-0.39, 0.29) is 18.3 Å². The van der Waals surface area contributed by atoms with Gasteiger partial charge in [0.2, 0.25) is 0 Å². The highest BCUT2D eigenvalue weighted by Gasteiger charge is 2.51. The SMILES string of the molecule is CC1(C)OB(c2cccc(-c3ccc(-c4ccc5c(-c6cccc7ccccc67)cccc5c4)cc3)c2)OC1(C)C. The zero-order valence-corrected chi connectivity index (χ0v) is 24.0. The van der Waals surface area contributed by atoms with E-state index in [9.17, 15) is 0 Å². The first-order valence-electron chi connectivity index (χ1n) is 14.4. The first-order valence-corrected chi connectivity index (χ1v) is 14.4. The Bertz CT molecular complexity index is 1880. The summed E-state index contributed by atoms with van der Waals surface area (Å²) in [5, 5.41) is 5.06. The Hall–Kier alpha value is -4.18. The van der Waals surface area contributed by atoms with Crippen molar-refractivity contribution in [3.8, 4) is 33.4 Å². The summed E-state index contributed by atoms with van der Waals surface area (Å²) in [6, 6.07) is 45.9. The van der Waals surface area contributed by atoms with Gasteiger partial charge in [-0.1, -0.05) is 121 Å². The summed E-state index contributed by atoms with van der Waals surface area (Å²) in [6.07, 6.45) is 0. The summed E-state index contributed by atoms with van der Waals surface area (Å²) in [7, 11) is -0.365. The molecule has 6 aromatic rings. The molecule has 0 spiro atoms. The van der Waals surface area contributed by atoms with E-state index in [1.165, 1.54) is 49.4 Å². The van der Waals surface area contributed by atoms with Crippen molar-refractivity contribution >= 4 is 34.1 Å². The molecule has 1 saturated heterocycles. The summed E-state index contributed by atoms with van der Waals surface area (Å²) in [6.45, 7) is 8.36. The van der Waals surface area contributed by atoms with Gasteiger partial charge in [0.05, 0.1) is 11.2 Å². The van der Waals surface area contributed by atoms with E-state index in [4.69, 9.17) is 9.31 Å². The molecule has 3 heteroatoms. The molecule has 1 heterocycles. The number of rotatable bonds is 4. The monoisotopic (exact) mass is 532 g/mol. The van der Waals surface area contributed by atoms with E-state index < -0.39 is 0 Å². The molecular weight excluding hydrogens is 499 g/mol. The molecule has 0 radical (unpaired) electrons. The van der Waals surface area contributed by atoms with Gasteiger partial charge in [0, 0.05) is 0 Å². The Balaban J connectivity index is 1.19. The summed E-state index contributed by atoms with van der Waals surface area (Å²) < 4.78 is 12.6. The molecule has 1 aliphatic rings. The molecule has 7 rings (SSSR count). The third-order valence-corrected chi connectivity index (χ3v) is 8.92. The van der Waals surface area contributed by atoms with Gasteiger partial charge in [-0.25, -0.2) is 0 Å². The van der Waals surface area contributed by atoms with Gasteiger partial charge in [-0.3, -0.25) is 0 Å². The number of hydrogen-bond acceptors (Lipinski definition) is 2. The third-order valence-electron chi connectivity index (χ3n) is 8.92. The molecule has 0 saturated carbocycles. The number of fused-ring (bicyclic) bond motifs is 2. The molecular formula is C38H33BO2. The van der Waals surface area contributed by atoms with Crippen molar-refractivity contribution in [2.24, 2.45) is 0 Å². The topological polar surface area (TPSA) is 18.5 Å². The summed E-state index contributed by atoms with van der Waals surface area (Å²) in [5.74, 6) is 0. The Morgan fingerprint density at radius 2 is 0.951 bits per heavy atom. The van der Waals surface area contributed by atoms with Crippen molar-refractivity contribution in [3.63, 3.8) is 0 Å². The molecule has 0 bridgehead atoms. The first kappa shape index (κ1) is 25.8. The quantitative estimate of drug-likeness (QED) is 0.211. The highest BCUT2D eigenvalue weighted by atomic mass is 16.7. The van der Waals surface area contributed by atoms with Crippen molar-refractivity contribution in [2.75, 3.05) is 0 Å². The predicted molar refractivity (Wildman–Crippen MR) is 173 cm³/mol. The summed E-state index contributed by atoms with van der Waals surface area (Å²) in [5.41, 5.74) is 7.61. The third kappa shape index (κ3) is 4.56. The minimum absolute atomic E-state index is 0.356. The highest BCUT2D eigenvalue weighted by Crippen LogP contribution is 2.38. The van der Waals surface area contributed by atoms with Crippen molar-refractivity contribution in [2.45, 2.75) is 38.9 Å². The first-order chi connectivity index (χ1) is 19.8. The molecule has 0 unspecified atom stereocenters. The molecule has 1 fully saturated rings. The normalized spacial score (nSPS) is 16.0. The van der Waals surface area contributed by atoms with Gasteiger partial charge < -0.3 is 9.31 Å². The Morgan fingerprint density at radius 1 is 0.439 bits per heavy atom. The van der Waals surface area contributed by atoms with Crippen LogP contribution in [0.2, 0.25) is 0 Å². The van der Waals surface area contributed by atoms with Crippen molar-refractivity contribution in [1.82, 2.24) is 0 Å². The van der Waals surface area contributed by atoms with Crippen LogP contribution in [0.5, 0.6) is 0 Å². The van der Waals surface area contributed by atoms with E-state index in [1.54, 1.807) is 0 Å². The van der Waals surface area contributed by atoms with Gasteiger partial charge in [-0.2, -0.15) is 0 Å². The van der Waals surface area contributed by atoms with Gasteiger partial charge in [0.15, 0.2) is 0 Å². The van der Waals surface area contributed by atoms with Crippen LogP contribution in [0.15, 0.2) is 127 Å². The predicted octanol–water partition coefficient (Wildman–Crippen LogP) is 9.29. The number of hydrogen-bond donors (Lipinski definition) is 0. The fourth-order valence-corrected chi connectivity index (χ4v) is 5.86. The second-order valence-electron chi connectivity index (χ2n) is 12.1. The molecule has 0 aromatic heterocycles. The minimum Gasteiger partial charge on any atom is -0.399 e. The van der Waals surface area contributed by atoms with Gasteiger partial charge >= 0.3 is 7.12 Å². The lowest BCUT2D eigenvalue weighted by molar-refractivity contribution is 0.00578. The maximum atomic E-state index is 6.29. The average molecular weight is 532 g/mol. The van der Waals surface area contributed by atoms with Crippen LogP contribution in [0.3, 0.4) is 0 Å². The molecule has 41 heavy (non-hydrogen) atoms. The molecule has 6 aromatic carbocycles. The van der Waals surface area contributed by atoms with Crippen LogP contribution in [0, 0.1) is 0 Å². The zero-order valence-electron chi connectivity index (χ0n) is 24.0. The van der Waals surface area contributed by atoms with Crippen LogP contribution in [0.4, 0.5) is 0 Å². The second kappa shape index (κ2) is 9.73. The molecule has 0 atom stereocenters. The van der Waals surface area contributed by atoms with Crippen molar-refractivity contribution < 1.29 is 9.31 Å². The molecule has 1 aliphatic heterocycles. The zero-order chi connectivity index (χ0) is 28.2. The van der Waals surface area contributed by atoms with Crippen molar-refractivity contribution in [3.05, 3.63) is 127 Å². The lowest BCUT2D eigenvalue weighted by Gasteiger charge is -2.32. The van der Waals surface area contributed by atoms with Gasteiger partial charge in [0.25, 0.3) is 0 Å².